The lowest BCUT2D eigenvalue weighted by molar-refractivity contribution is -0.133. The largest absolute Gasteiger partial charge is 0.471 e. The molecule has 0 radical (unpaired) electrons. The molecule has 1 fully saturated rings. The number of ether oxygens (including phenoxy) is 1. The fourth-order valence-electron chi connectivity index (χ4n) is 3.11. The average molecular weight is 329 g/mol. The van der Waals surface area contributed by atoms with Gasteiger partial charge in [0.1, 0.15) is 6.10 Å². The first-order valence-corrected chi connectivity index (χ1v) is 8.34. The zero-order chi connectivity index (χ0) is 16.9. The van der Waals surface area contributed by atoms with Gasteiger partial charge in [0.25, 0.3) is 0 Å². The van der Waals surface area contributed by atoms with Crippen molar-refractivity contribution >= 4 is 5.91 Å². The van der Waals surface area contributed by atoms with Crippen molar-refractivity contribution in [3.8, 4) is 5.88 Å². The summed E-state index contributed by atoms with van der Waals surface area (Å²) in [6.07, 6.45) is 7.90. The zero-order valence-corrected chi connectivity index (χ0v) is 14.2. The lowest BCUT2D eigenvalue weighted by Crippen LogP contribution is -2.44. The lowest BCUT2D eigenvalue weighted by Gasteiger charge is -2.32. The molecule has 0 unspecified atom stereocenters. The van der Waals surface area contributed by atoms with E-state index in [1.807, 2.05) is 18.7 Å². The SMILES string of the molecule is Cc1n[nH]c(C)c1CCC(=O)N1CCC[C@@H](Oc2cnccn2)C1. The van der Waals surface area contributed by atoms with Crippen molar-refractivity contribution in [3.63, 3.8) is 0 Å². The fraction of sp³-hybridized carbons (Fsp3) is 0.529. The van der Waals surface area contributed by atoms with Crippen LogP contribution in [0.3, 0.4) is 0 Å². The Morgan fingerprint density at radius 3 is 3.00 bits per heavy atom. The van der Waals surface area contributed by atoms with E-state index in [-0.39, 0.29) is 12.0 Å². The van der Waals surface area contributed by atoms with Crippen LogP contribution in [0.1, 0.15) is 36.2 Å². The number of hydrogen-bond donors (Lipinski definition) is 1. The molecule has 0 aliphatic carbocycles. The summed E-state index contributed by atoms with van der Waals surface area (Å²) < 4.78 is 5.84. The Morgan fingerprint density at radius 2 is 2.29 bits per heavy atom. The topological polar surface area (TPSA) is 84.0 Å². The number of carbonyl (C=O) groups excluding carboxylic acids is 1. The molecule has 7 heteroatoms. The number of nitrogens with one attached hydrogen (secondary N) is 1. The number of aromatic amines is 1. The molecule has 0 spiro atoms. The van der Waals surface area contributed by atoms with Gasteiger partial charge in [0.05, 0.1) is 18.4 Å². The molecular formula is C17H23N5O2. The number of likely N-dealkylation sites (tertiary alicyclic amines) is 1. The molecule has 3 heterocycles. The van der Waals surface area contributed by atoms with Gasteiger partial charge in [-0.1, -0.05) is 0 Å². The van der Waals surface area contributed by atoms with E-state index in [2.05, 4.69) is 20.2 Å². The standard InChI is InChI=1S/C17H23N5O2/c1-12-15(13(2)21-20-12)5-6-17(23)22-9-3-4-14(11-22)24-16-10-18-7-8-19-16/h7-8,10,14H,3-6,9,11H2,1-2H3,(H,20,21)/t14-/m1/s1. The molecule has 7 nitrogen and oxygen atoms in total. The maximum atomic E-state index is 12.5. The molecule has 2 aromatic rings. The quantitative estimate of drug-likeness (QED) is 0.904. The number of H-pyrrole nitrogens is 1. The molecule has 0 aromatic carbocycles. The van der Waals surface area contributed by atoms with Crippen LogP contribution in [-0.4, -0.2) is 50.2 Å². The highest BCUT2D eigenvalue weighted by atomic mass is 16.5. The summed E-state index contributed by atoms with van der Waals surface area (Å²) in [6.45, 7) is 5.36. The van der Waals surface area contributed by atoms with Crippen molar-refractivity contribution in [1.82, 2.24) is 25.1 Å². The Labute approximate surface area is 141 Å². The second-order valence-electron chi connectivity index (χ2n) is 6.18. The Kier molecular flexibility index (Phi) is 5.08. The number of hydrogen-bond acceptors (Lipinski definition) is 5. The van der Waals surface area contributed by atoms with Gasteiger partial charge >= 0.3 is 0 Å². The van der Waals surface area contributed by atoms with Crippen molar-refractivity contribution in [2.45, 2.75) is 45.6 Å². The first-order valence-electron chi connectivity index (χ1n) is 8.34. The summed E-state index contributed by atoms with van der Waals surface area (Å²) in [5.74, 6) is 0.684. The van der Waals surface area contributed by atoms with E-state index < -0.39 is 0 Å². The minimum Gasteiger partial charge on any atom is -0.471 e. The molecule has 1 atom stereocenters. The van der Waals surface area contributed by atoms with Crippen LogP contribution in [-0.2, 0) is 11.2 Å². The van der Waals surface area contributed by atoms with E-state index in [0.29, 0.717) is 18.8 Å². The van der Waals surface area contributed by atoms with Gasteiger partial charge in [-0.25, -0.2) is 4.98 Å². The van der Waals surface area contributed by atoms with E-state index in [4.69, 9.17) is 4.74 Å². The van der Waals surface area contributed by atoms with Gasteiger partial charge in [-0.2, -0.15) is 5.10 Å². The number of piperidine rings is 1. The molecular weight excluding hydrogens is 306 g/mol. The van der Waals surface area contributed by atoms with Crippen molar-refractivity contribution in [2.24, 2.45) is 0 Å². The molecule has 24 heavy (non-hydrogen) atoms. The number of carbonyl (C=O) groups is 1. The number of aryl methyl sites for hydroxylation is 2. The normalized spacial score (nSPS) is 17.8. The van der Waals surface area contributed by atoms with Gasteiger partial charge in [0, 0.05) is 31.1 Å². The van der Waals surface area contributed by atoms with Crippen LogP contribution in [0.15, 0.2) is 18.6 Å². The highest BCUT2D eigenvalue weighted by molar-refractivity contribution is 5.76. The molecule has 1 amide bonds. The van der Waals surface area contributed by atoms with Gasteiger partial charge in [-0.15, -0.1) is 0 Å². The van der Waals surface area contributed by atoms with Crippen LogP contribution in [0, 0.1) is 13.8 Å². The van der Waals surface area contributed by atoms with E-state index in [0.717, 1.165) is 42.8 Å². The van der Waals surface area contributed by atoms with Crippen molar-refractivity contribution < 1.29 is 9.53 Å². The van der Waals surface area contributed by atoms with Crippen LogP contribution in [0.2, 0.25) is 0 Å². The van der Waals surface area contributed by atoms with Crippen LogP contribution >= 0.6 is 0 Å². The predicted molar refractivity (Wildman–Crippen MR) is 88.6 cm³/mol. The summed E-state index contributed by atoms with van der Waals surface area (Å²) in [5, 5.41) is 7.15. The van der Waals surface area contributed by atoms with Crippen molar-refractivity contribution in [1.29, 1.82) is 0 Å². The molecule has 1 aliphatic rings. The van der Waals surface area contributed by atoms with E-state index >= 15 is 0 Å². The second kappa shape index (κ2) is 7.42. The lowest BCUT2D eigenvalue weighted by atomic mass is 10.0. The van der Waals surface area contributed by atoms with Gasteiger partial charge in [0.15, 0.2) is 0 Å². The van der Waals surface area contributed by atoms with Crippen LogP contribution in [0.5, 0.6) is 5.88 Å². The van der Waals surface area contributed by atoms with Gasteiger partial charge < -0.3 is 9.64 Å². The van der Waals surface area contributed by atoms with Crippen LogP contribution < -0.4 is 4.74 Å². The van der Waals surface area contributed by atoms with E-state index in [1.54, 1.807) is 18.6 Å². The first kappa shape index (κ1) is 16.4. The molecule has 1 aliphatic heterocycles. The Balaban J connectivity index is 1.53. The Morgan fingerprint density at radius 1 is 1.42 bits per heavy atom. The van der Waals surface area contributed by atoms with Gasteiger partial charge in [-0.3, -0.25) is 14.9 Å². The molecule has 0 bridgehead atoms. The molecule has 128 valence electrons. The monoisotopic (exact) mass is 329 g/mol. The summed E-state index contributed by atoms with van der Waals surface area (Å²) in [4.78, 5) is 22.6. The van der Waals surface area contributed by atoms with Gasteiger partial charge in [-0.05, 0) is 38.7 Å². The zero-order valence-electron chi connectivity index (χ0n) is 14.2. The minimum atomic E-state index is -0.0169. The predicted octanol–water partition coefficient (Wildman–Crippen LogP) is 1.82. The fourth-order valence-corrected chi connectivity index (χ4v) is 3.11. The minimum absolute atomic E-state index is 0.0169. The summed E-state index contributed by atoms with van der Waals surface area (Å²) >= 11 is 0. The average Bonchev–Trinajstić information content (AvgIpc) is 2.92. The highest BCUT2D eigenvalue weighted by Crippen LogP contribution is 2.18. The van der Waals surface area contributed by atoms with E-state index in [9.17, 15) is 4.79 Å². The van der Waals surface area contributed by atoms with Crippen LogP contribution in [0.25, 0.3) is 0 Å². The second-order valence-corrected chi connectivity index (χ2v) is 6.18. The van der Waals surface area contributed by atoms with Crippen LogP contribution in [0.4, 0.5) is 0 Å². The molecule has 2 aromatic heterocycles. The molecule has 0 saturated carbocycles. The molecule has 3 rings (SSSR count). The first-order chi connectivity index (χ1) is 11.6. The molecule has 1 N–H and O–H groups in total. The summed E-state index contributed by atoms with van der Waals surface area (Å²) in [7, 11) is 0. The number of aromatic nitrogens is 4. The number of rotatable bonds is 5. The number of nitrogens with zero attached hydrogens (tertiary/aromatic N) is 4. The maximum absolute atomic E-state index is 12.5. The summed E-state index contributed by atoms with van der Waals surface area (Å²) in [6, 6.07) is 0. The smallest absolute Gasteiger partial charge is 0.232 e. The third-order valence-electron chi connectivity index (χ3n) is 4.43. The van der Waals surface area contributed by atoms with Crippen molar-refractivity contribution in [3.05, 3.63) is 35.5 Å². The third-order valence-corrected chi connectivity index (χ3v) is 4.43. The van der Waals surface area contributed by atoms with Gasteiger partial charge in [0.2, 0.25) is 11.8 Å². The van der Waals surface area contributed by atoms with E-state index in [1.165, 1.54) is 0 Å². The maximum Gasteiger partial charge on any atom is 0.232 e. The Hall–Kier alpha value is -2.44. The third kappa shape index (κ3) is 3.90. The van der Waals surface area contributed by atoms with Crippen molar-refractivity contribution in [2.75, 3.05) is 13.1 Å². The Bertz CT molecular complexity index is 666. The number of amides is 1. The highest BCUT2D eigenvalue weighted by Gasteiger charge is 2.25. The summed E-state index contributed by atoms with van der Waals surface area (Å²) in [5.41, 5.74) is 3.17. The molecule has 1 saturated heterocycles.